The van der Waals surface area contributed by atoms with Crippen LogP contribution in [-0.2, 0) is 0 Å². The van der Waals surface area contributed by atoms with E-state index in [1.807, 2.05) is 0 Å². The standard InChI is InChI=1S/C15H27N3S/c1-4-5-9-18(10-14-7-6-8-16-14)12(2)15-11-19-13(3)17-15/h11-12,14,16H,4-10H2,1-3H3. The summed E-state index contributed by atoms with van der Waals surface area (Å²) in [5.41, 5.74) is 1.25. The Labute approximate surface area is 121 Å². The number of rotatable bonds is 7. The maximum atomic E-state index is 4.67. The lowest BCUT2D eigenvalue weighted by molar-refractivity contribution is 0.186. The van der Waals surface area contributed by atoms with Gasteiger partial charge in [-0.25, -0.2) is 4.98 Å². The maximum Gasteiger partial charge on any atom is 0.0898 e. The van der Waals surface area contributed by atoms with E-state index >= 15 is 0 Å². The van der Waals surface area contributed by atoms with Crippen LogP contribution < -0.4 is 5.32 Å². The van der Waals surface area contributed by atoms with Gasteiger partial charge in [-0.3, -0.25) is 4.90 Å². The average molecular weight is 281 g/mol. The second kappa shape index (κ2) is 7.36. The first-order valence-corrected chi connectivity index (χ1v) is 8.48. The van der Waals surface area contributed by atoms with Crippen molar-refractivity contribution < 1.29 is 0 Å². The SMILES string of the molecule is CCCCN(CC1CCCN1)C(C)c1csc(C)n1. The molecule has 1 N–H and O–H groups in total. The van der Waals surface area contributed by atoms with E-state index in [0.717, 1.165) is 6.54 Å². The molecule has 0 aliphatic carbocycles. The number of nitrogens with one attached hydrogen (secondary N) is 1. The molecular formula is C15H27N3S. The number of nitrogens with zero attached hydrogens (tertiary/aromatic N) is 2. The lowest BCUT2D eigenvalue weighted by atomic mass is 10.1. The van der Waals surface area contributed by atoms with Crippen LogP contribution >= 0.6 is 11.3 Å². The first-order valence-electron chi connectivity index (χ1n) is 7.60. The second-order valence-corrected chi connectivity index (χ2v) is 6.67. The molecule has 1 aromatic heterocycles. The molecule has 0 aromatic carbocycles. The van der Waals surface area contributed by atoms with Crippen molar-refractivity contribution >= 4 is 11.3 Å². The minimum atomic E-state index is 0.443. The van der Waals surface area contributed by atoms with Crippen LogP contribution in [0.15, 0.2) is 5.38 Å². The summed E-state index contributed by atoms with van der Waals surface area (Å²) < 4.78 is 0. The summed E-state index contributed by atoms with van der Waals surface area (Å²) in [6.45, 7) is 10.2. The maximum absolute atomic E-state index is 4.67. The van der Waals surface area contributed by atoms with Crippen molar-refractivity contribution in [1.82, 2.24) is 15.2 Å². The number of thiazole rings is 1. The molecule has 2 atom stereocenters. The first-order chi connectivity index (χ1) is 9.20. The molecule has 1 aromatic rings. The van der Waals surface area contributed by atoms with Crippen LogP contribution in [0.2, 0.25) is 0 Å². The minimum absolute atomic E-state index is 0.443. The van der Waals surface area contributed by atoms with Gasteiger partial charge in [0.05, 0.1) is 16.7 Å². The molecule has 0 amide bonds. The Morgan fingerprint density at radius 3 is 3.00 bits per heavy atom. The number of aromatic nitrogens is 1. The van der Waals surface area contributed by atoms with E-state index in [9.17, 15) is 0 Å². The molecule has 3 nitrogen and oxygen atoms in total. The normalized spacial score (nSPS) is 21.2. The third-order valence-corrected chi connectivity index (χ3v) is 4.82. The van der Waals surface area contributed by atoms with Crippen molar-refractivity contribution in [1.29, 1.82) is 0 Å². The quantitative estimate of drug-likeness (QED) is 0.830. The fourth-order valence-electron chi connectivity index (χ4n) is 2.76. The molecule has 0 saturated carbocycles. The Morgan fingerprint density at radius 2 is 2.42 bits per heavy atom. The lowest BCUT2D eigenvalue weighted by Crippen LogP contribution is -2.39. The molecule has 4 heteroatoms. The summed E-state index contributed by atoms with van der Waals surface area (Å²) in [6.07, 6.45) is 5.19. The van der Waals surface area contributed by atoms with Crippen LogP contribution in [0.3, 0.4) is 0 Å². The molecule has 0 radical (unpaired) electrons. The Morgan fingerprint density at radius 1 is 1.58 bits per heavy atom. The van der Waals surface area contributed by atoms with Crippen molar-refractivity contribution in [3.05, 3.63) is 16.1 Å². The van der Waals surface area contributed by atoms with Crippen LogP contribution in [0.25, 0.3) is 0 Å². The minimum Gasteiger partial charge on any atom is -0.313 e. The zero-order valence-electron chi connectivity index (χ0n) is 12.5. The predicted molar refractivity (Wildman–Crippen MR) is 82.8 cm³/mol. The third kappa shape index (κ3) is 4.26. The molecule has 19 heavy (non-hydrogen) atoms. The number of hydrogen-bond donors (Lipinski definition) is 1. The number of hydrogen-bond acceptors (Lipinski definition) is 4. The van der Waals surface area contributed by atoms with Gasteiger partial charge >= 0.3 is 0 Å². The molecular weight excluding hydrogens is 254 g/mol. The molecule has 0 bridgehead atoms. The molecule has 1 fully saturated rings. The largest absolute Gasteiger partial charge is 0.313 e. The van der Waals surface area contributed by atoms with Crippen LogP contribution in [0.4, 0.5) is 0 Å². The fraction of sp³-hybridized carbons (Fsp3) is 0.800. The van der Waals surface area contributed by atoms with E-state index in [1.165, 1.54) is 49.5 Å². The topological polar surface area (TPSA) is 28.2 Å². The van der Waals surface area contributed by atoms with Crippen molar-refractivity contribution in [3.8, 4) is 0 Å². The van der Waals surface area contributed by atoms with E-state index < -0.39 is 0 Å². The molecule has 108 valence electrons. The highest BCUT2D eigenvalue weighted by molar-refractivity contribution is 7.09. The Bertz CT molecular complexity index is 371. The van der Waals surface area contributed by atoms with Crippen LogP contribution in [0.5, 0.6) is 0 Å². The molecule has 2 heterocycles. The molecule has 1 saturated heterocycles. The fourth-order valence-corrected chi connectivity index (χ4v) is 3.46. The summed E-state index contributed by atoms with van der Waals surface area (Å²) in [4.78, 5) is 7.28. The van der Waals surface area contributed by atoms with Gasteiger partial charge < -0.3 is 5.32 Å². The highest BCUT2D eigenvalue weighted by atomic mass is 32.1. The van der Waals surface area contributed by atoms with Gasteiger partial charge in [0.15, 0.2) is 0 Å². The van der Waals surface area contributed by atoms with E-state index in [1.54, 1.807) is 11.3 Å². The van der Waals surface area contributed by atoms with Gasteiger partial charge in [-0.05, 0) is 46.2 Å². The van der Waals surface area contributed by atoms with Gasteiger partial charge in [-0.15, -0.1) is 11.3 Å². The Kier molecular flexibility index (Phi) is 5.79. The zero-order valence-corrected chi connectivity index (χ0v) is 13.3. The first kappa shape index (κ1) is 14.9. The van der Waals surface area contributed by atoms with Crippen molar-refractivity contribution in [2.45, 2.75) is 58.5 Å². The summed E-state index contributed by atoms with van der Waals surface area (Å²) in [5, 5.41) is 7.02. The molecule has 2 rings (SSSR count). The second-order valence-electron chi connectivity index (χ2n) is 5.61. The van der Waals surface area contributed by atoms with E-state index in [4.69, 9.17) is 0 Å². The van der Waals surface area contributed by atoms with Gasteiger partial charge in [0, 0.05) is 18.0 Å². The molecule has 0 spiro atoms. The Balaban J connectivity index is 1.98. The monoisotopic (exact) mass is 281 g/mol. The molecule has 2 unspecified atom stereocenters. The average Bonchev–Trinajstić information content (AvgIpc) is 3.05. The summed E-state index contributed by atoms with van der Waals surface area (Å²) in [5.74, 6) is 0. The predicted octanol–water partition coefficient (Wildman–Crippen LogP) is 3.37. The van der Waals surface area contributed by atoms with Gasteiger partial charge in [0.2, 0.25) is 0 Å². The van der Waals surface area contributed by atoms with Crippen molar-refractivity contribution in [2.24, 2.45) is 0 Å². The summed E-state index contributed by atoms with van der Waals surface area (Å²) in [6, 6.07) is 1.12. The van der Waals surface area contributed by atoms with E-state index in [0.29, 0.717) is 12.1 Å². The third-order valence-electron chi connectivity index (χ3n) is 4.03. The van der Waals surface area contributed by atoms with Gasteiger partial charge in [-0.2, -0.15) is 0 Å². The molecule has 1 aliphatic heterocycles. The van der Waals surface area contributed by atoms with Crippen molar-refractivity contribution in [2.75, 3.05) is 19.6 Å². The van der Waals surface area contributed by atoms with Gasteiger partial charge in [0.25, 0.3) is 0 Å². The number of unbranched alkanes of at least 4 members (excludes halogenated alkanes) is 1. The summed E-state index contributed by atoms with van der Waals surface area (Å²) in [7, 11) is 0. The van der Waals surface area contributed by atoms with E-state index in [2.05, 4.69) is 41.4 Å². The Hall–Kier alpha value is -0.450. The lowest BCUT2D eigenvalue weighted by Gasteiger charge is -2.30. The van der Waals surface area contributed by atoms with Gasteiger partial charge in [-0.1, -0.05) is 13.3 Å². The van der Waals surface area contributed by atoms with Crippen molar-refractivity contribution in [3.63, 3.8) is 0 Å². The van der Waals surface area contributed by atoms with Crippen LogP contribution in [-0.4, -0.2) is 35.6 Å². The van der Waals surface area contributed by atoms with E-state index in [-0.39, 0.29) is 0 Å². The smallest absolute Gasteiger partial charge is 0.0898 e. The molecule has 1 aliphatic rings. The van der Waals surface area contributed by atoms with Gasteiger partial charge in [0.1, 0.15) is 0 Å². The zero-order chi connectivity index (χ0) is 13.7. The highest BCUT2D eigenvalue weighted by Gasteiger charge is 2.23. The highest BCUT2D eigenvalue weighted by Crippen LogP contribution is 2.23. The number of aryl methyl sites for hydroxylation is 1. The van der Waals surface area contributed by atoms with Crippen LogP contribution in [0, 0.1) is 6.92 Å². The van der Waals surface area contributed by atoms with Crippen LogP contribution in [0.1, 0.15) is 56.3 Å². The summed E-state index contributed by atoms with van der Waals surface area (Å²) >= 11 is 1.76.